The van der Waals surface area contributed by atoms with Crippen molar-refractivity contribution in [1.29, 1.82) is 0 Å². The molecule has 4 aromatic carbocycles. The van der Waals surface area contributed by atoms with Crippen LogP contribution in [0.2, 0.25) is 0 Å². The van der Waals surface area contributed by atoms with Gasteiger partial charge in [-0.2, -0.15) is 0 Å². The van der Waals surface area contributed by atoms with Crippen molar-refractivity contribution in [3.8, 4) is 28.1 Å². The fraction of sp³-hybridized carbons (Fsp3) is 0.368. The Kier molecular flexibility index (Phi) is 17.8. The molecule has 19 heteroatoms. The first-order valence-corrected chi connectivity index (χ1v) is 25.8. The van der Waals surface area contributed by atoms with E-state index in [2.05, 4.69) is 26.3 Å². The van der Waals surface area contributed by atoms with Gasteiger partial charge >= 0.3 is 5.97 Å². The highest BCUT2D eigenvalue weighted by Crippen LogP contribution is 2.44. The van der Waals surface area contributed by atoms with Crippen LogP contribution in [0.1, 0.15) is 126 Å². The monoisotopic (exact) mass is 1040 g/mol. The topological polar surface area (TPSA) is 247 Å². The molecule has 2 aromatic heterocycles. The Bertz CT molecular complexity index is 3060. The van der Waals surface area contributed by atoms with E-state index >= 15 is 0 Å². The summed E-state index contributed by atoms with van der Waals surface area (Å²) in [5, 5.41) is 47.8. The quantitative estimate of drug-likeness (QED) is 0.0223. The van der Waals surface area contributed by atoms with Crippen LogP contribution in [0.15, 0.2) is 103 Å². The van der Waals surface area contributed by atoms with Crippen LogP contribution in [0.3, 0.4) is 0 Å². The Balaban J connectivity index is 0.879. The molecule has 0 saturated carbocycles. The Morgan fingerprint density at radius 3 is 2.36 bits per heavy atom. The van der Waals surface area contributed by atoms with Crippen LogP contribution >= 0.6 is 0 Å². The lowest BCUT2D eigenvalue weighted by Crippen LogP contribution is -2.54. The average Bonchev–Trinajstić information content (AvgIpc) is 4.11. The van der Waals surface area contributed by atoms with E-state index in [1.807, 2.05) is 71.8 Å². The molecule has 8 rings (SSSR count). The number of fused-ring (bicyclic) bond motifs is 1. The number of benzene rings is 4. The normalized spacial score (nSPS) is 15.2. The molecule has 2 aliphatic heterocycles. The number of hydrogen-bond donors (Lipinski definition) is 6. The first-order valence-electron chi connectivity index (χ1n) is 25.8. The summed E-state index contributed by atoms with van der Waals surface area (Å²) in [5.74, 6) is -3.80. The first kappa shape index (κ1) is 54.2. The molecule has 4 heterocycles. The maximum absolute atomic E-state index is 14.7. The Labute approximate surface area is 439 Å². The number of rotatable bonds is 26. The number of amides is 5. The molecular formula is C57H63FN8O10. The number of imide groups is 2. The van der Waals surface area contributed by atoms with E-state index in [1.165, 1.54) is 12.1 Å². The van der Waals surface area contributed by atoms with Crippen LogP contribution in [0.25, 0.3) is 22.4 Å². The second-order valence-electron chi connectivity index (χ2n) is 19.5. The molecule has 6 aromatic rings. The molecular weight excluding hydrogens is 976 g/mol. The summed E-state index contributed by atoms with van der Waals surface area (Å²) in [6.45, 7) is 5.74. The maximum Gasteiger partial charge on any atom is 0.305 e. The predicted molar refractivity (Wildman–Crippen MR) is 281 cm³/mol. The molecule has 398 valence electrons. The number of carboxylic acids is 1. The number of aliphatic hydroxyl groups is 2. The molecule has 3 atom stereocenters. The number of piperidine rings is 1. The van der Waals surface area contributed by atoms with Crippen molar-refractivity contribution in [2.75, 3.05) is 23.8 Å². The number of nitrogens with zero attached hydrogens (tertiary/aromatic N) is 5. The molecule has 2 aliphatic rings. The largest absolute Gasteiger partial charge is 0.494 e. The van der Waals surface area contributed by atoms with E-state index in [0.717, 1.165) is 36.3 Å². The van der Waals surface area contributed by atoms with E-state index in [4.69, 9.17) is 4.74 Å². The number of aliphatic hydroxyl groups excluding tert-OH is 2. The summed E-state index contributed by atoms with van der Waals surface area (Å²) >= 11 is 0. The fourth-order valence-corrected chi connectivity index (χ4v) is 9.98. The number of para-hydroxylation sites is 1. The molecule has 0 radical (unpaired) electrons. The number of ether oxygens (including phenoxy) is 1. The van der Waals surface area contributed by atoms with Gasteiger partial charge in [-0.25, -0.2) is 4.39 Å². The second-order valence-corrected chi connectivity index (χ2v) is 19.5. The standard InChI is InChI=1S/C57H63FN8O10/c1-35(2)52-51(55(73)60-39-14-6-5-7-15-39)49(53(36-20-22-38(58)23-21-36)65(52)29-26-41(67)32-42(68)33-48(70)71)37-13-10-17-43(31-37)76-30-12-16-40-34-64(63-62-40)28-9-4-3-8-27-59-45-19-11-18-44-50(45)57(75)66(56(44)74)46-24-25-47(69)61-54(46)72/h5-7,10-11,13-15,17-23,31,34-35,41-42,46,59,67-68H,3-4,8-9,12,16,24-30,32-33H2,1-2H3,(H,60,73)(H,70,71)(H,61,69,72)/t41-,42-,46?/m1/s1. The number of aliphatic carboxylic acids is 1. The average molecular weight is 1040 g/mol. The molecule has 0 spiro atoms. The highest BCUT2D eigenvalue weighted by Gasteiger charge is 2.45. The highest BCUT2D eigenvalue weighted by atomic mass is 19.1. The zero-order chi connectivity index (χ0) is 53.9. The summed E-state index contributed by atoms with van der Waals surface area (Å²) in [7, 11) is 0. The molecule has 0 aliphatic carbocycles. The van der Waals surface area contributed by atoms with Gasteiger partial charge in [0.2, 0.25) is 11.8 Å². The van der Waals surface area contributed by atoms with E-state index in [1.54, 1.807) is 42.5 Å². The lowest BCUT2D eigenvalue weighted by atomic mass is 9.94. The number of nitrogens with one attached hydrogen (secondary N) is 3. The van der Waals surface area contributed by atoms with Crippen molar-refractivity contribution in [3.05, 3.63) is 137 Å². The molecule has 18 nitrogen and oxygen atoms in total. The van der Waals surface area contributed by atoms with Crippen LogP contribution in [0.4, 0.5) is 15.8 Å². The Morgan fingerprint density at radius 1 is 0.842 bits per heavy atom. The maximum atomic E-state index is 14.7. The number of aryl methyl sites for hydroxylation is 2. The zero-order valence-corrected chi connectivity index (χ0v) is 42.5. The number of unbranched alkanes of at least 4 members (excludes halogenated alkanes) is 3. The number of carbonyl (C=O) groups is 6. The van der Waals surface area contributed by atoms with Gasteiger partial charge in [0, 0.05) is 54.9 Å². The number of carboxylic acid groups (broad SMARTS) is 1. The lowest BCUT2D eigenvalue weighted by Gasteiger charge is -2.27. The minimum Gasteiger partial charge on any atom is -0.494 e. The van der Waals surface area contributed by atoms with Crippen LogP contribution in [0, 0.1) is 5.82 Å². The fourth-order valence-electron chi connectivity index (χ4n) is 9.98. The van der Waals surface area contributed by atoms with Gasteiger partial charge in [0.15, 0.2) is 0 Å². The van der Waals surface area contributed by atoms with Gasteiger partial charge in [-0.1, -0.05) is 68.3 Å². The third-order valence-electron chi connectivity index (χ3n) is 13.5. The SMILES string of the molecule is CC(C)c1c(C(=O)Nc2ccccc2)c(-c2cccc(OCCCc3cn(CCCCCCNc4cccc5c4C(=O)N(C4CCC(=O)NC4=O)C5=O)nn3)c2)c(-c2ccc(F)cc2)n1CC[C@@H](O)C[C@@H](O)CC(=O)O. The van der Waals surface area contributed by atoms with Crippen molar-refractivity contribution in [3.63, 3.8) is 0 Å². The molecule has 0 bridgehead atoms. The van der Waals surface area contributed by atoms with E-state index in [9.17, 15) is 48.5 Å². The summed E-state index contributed by atoms with van der Waals surface area (Å²) in [6.07, 6.45) is 4.02. The van der Waals surface area contributed by atoms with Gasteiger partial charge in [0.1, 0.15) is 17.6 Å². The molecule has 6 N–H and O–H groups in total. The smallest absolute Gasteiger partial charge is 0.305 e. The number of carbonyl (C=O) groups excluding carboxylic acids is 5. The van der Waals surface area contributed by atoms with Crippen molar-refractivity contribution >= 4 is 46.9 Å². The summed E-state index contributed by atoms with van der Waals surface area (Å²) < 4.78 is 24.6. The number of hydrogen-bond acceptors (Lipinski definition) is 12. The molecule has 76 heavy (non-hydrogen) atoms. The van der Waals surface area contributed by atoms with Crippen molar-refractivity contribution in [2.45, 2.75) is 122 Å². The minimum atomic E-state index is -1.25. The van der Waals surface area contributed by atoms with E-state index < -0.39 is 60.1 Å². The van der Waals surface area contributed by atoms with Crippen molar-refractivity contribution in [2.24, 2.45) is 0 Å². The van der Waals surface area contributed by atoms with Gasteiger partial charge in [0.05, 0.1) is 53.3 Å². The van der Waals surface area contributed by atoms with Gasteiger partial charge in [-0.3, -0.25) is 43.7 Å². The van der Waals surface area contributed by atoms with Gasteiger partial charge in [-0.15, -0.1) is 5.10 Å². The van der Waals surface area contributed by atoms with E-state index in [-0.39, 0.29) is 55.2 Å². The van der Waals surface area contributed by atoms with E-state index in [0.29, 0.717) is 83.3 Å². The summed E-state index contributed by atoms with van der Waals surface area (Å²) in [5.41, 5.74) is 5.97. The van der Waals surface area contributed by atoms with Crippen LogP contribution in [-0.2, 0) is 33.9 Å². The van der Waals surface area contributed by atoms with Crippen molar-refractivity contribution < 1.29 is 53.2 Å². The molecule has 1 saturated heterocycles. The predicted octanol–water partition coefficient (Wildman–Crippen LogP) is 7.99. The number of anilines is 2. The highest BCUT2D eigenvalue weighted by molar-refractivity contribution is 6.25. The first-order chi connectivity index (χ1) is 36.7. The van der Waals surface area contributed by atoms with Gasteiger partial charge in [0.25, 0.3) is 17.7 Å². The lowest BCUT2D eigenvalue weighted by molar-refractivity contribution is -0.140. The van der Waals surface area contributed by atoms with Crippen LogP contribution in [0.5, 0.6) is 5.75 Å². The van der Waals surface area contributed by atoms with Crippen LogP contribution in [-0.4, -0.2) is 107 Å². The van der Waals surface area contributed by atoms with Gasteiger partial charge in [-0.05, 0) is 123 Å². The molecule has 5 amide bonds. The third-order valence-corrected chi connectivity index (χ3v) is 13.5. The zero-order valence-electron chi connectivity index (χ0n) is 42.5. The second kappa shape index (κ2) is 25.0. The summed E-state index contributed by atoms with van der Waals surface area (Å²) in [6, 6.07) is 26.5. The minimum absolute atomic E-state index is 0.0550. The third kappa shape index (κ3) is 13.1. The van der Waals surface area contributed by atoms with Crippen LogP contribution < -0.4 is 20.7 Å². The molecule has 1 fully saturated rings. The summed E-state index contributed by atoms with van der Waals surface area (Å²) in [4.78, 5) is 77.6. The number of aromatic nitrogens is 4. The van der Waals surface area contributed by atoms with Crippen molar-refractivity contribution in [1.82, 2.24) is 29.8 Å². The Morgan fingerprint density at radius 2 is 1.61 bits per heavy atom. The molecule has 1 unspecified atom stereocenters. The number of halogens is 1. The van der Waals surface area contributed by atoms with Gasteiger partial charge < -0.3 is 35.3 Å². The Hall–Kier alpha value is -8.03.